The number of thioether (sulfide) groups is 1. The minimum absolute atomic E-state index is 0.0173. The third-order valence-corrected chi connectivity index (χ3v) is 7.47. The van der Waals surface area contributed by atoms with Gasteiger partial charge in [-0.15, -0.1) is 4.40 Å². The first kappa shape index (κ1) is 17.8. The van der Waals surface area contributed by atoms with E-state index in [4.69, 9.17) is 0 Å². The number of carbonyl (C=O) groups is 1. The van der Waals surface area contributed by atoms with E-state index in [1.807, 2.05) is 22.0 Å². The van der Waals surface area contributed by atoms with Crippen LogP contribution < -0.4 is 10.3 Å². The summed E-state index contributed by atoms with van der Waals surface area (Å²) in [5, 5.41) is 2.52. The van der Waals surface area contributed by atoms with Gasteiger partial charge in [-0.3, -0.25) is 10.2 Å². The summed E-state index contributed by atoms with van der Waals surface area (Å²) < 4.78 is 27.3. The molecule has 2 atom stereocenters. The standard InChI is InChI=1S/C17H22N4O3S2/c1-11-4-3-5-12(2)21(11)18-16(22)13-6-7-14-15(10-13)25-17-19-26(23,24)9-8-20(14)17/h6-7,10-12H,3-5,8-9H2,1-2H3,(H,18,22)/t11-,12-/m0/s1. The van der Waals surface area contributed by atoms with E-state index in [0.29, 0.717) is 29.4 Å². The largest absolute Gasteiger partial charge is 0.318 e. The highest BCUT2D eigenvalue weighted by Gasteiger charge is 2.34. The van der Waals surface area contributed by atoms with Crippen molar-refractivity contribution < 1.29 is 13.2 Å². The number of piperidine rings is 1. The van der Waals surface area contributed by atoms with E-state index in [1.165, 1.54) is 18.2 Å². The van der Waals surface area contributed by atoms with Crippen LogP contribution in [0, 0.1) is 0 Å². The molecule has 26 heavy (non-hydrogen) atoms. The predicted molar refractivity (Wildman–Crippen MR) is 103 cm³/mol. The highest BCUT2D eigenvalue weighted by Crippen LogP contribution is 2.42. The fourth-order valence-corrected chi connectivity index (χ4v) is 5.99. The molecule has 0 saturated carbocycles. The van der Waals surface area contributed by atoms with E-state index < -0.39 is 10.0 Å². The van der Waals surface area contributed by atoms with E-state index in [2.05, 4.69) is 23.7 Å². The summed E-state index contributed by atoms with van der Waals surface area (Å²) in [6, 6.07) is 6.13. The van der Waals surface area contributed by atoms with E-state index in [0.717, 1.165) is 23.4 Å². The highest BCUT2D eigenvalue weighted by molar-refractivity contribution is 8.15. The second kappa shape index (κ2) is 6.54. The number of amidine groups is 1. The van der Waals surface area contributed by atoms with Crippen LogP contribution in [0.3, 0.4) is 0 Å². The number of rotatable bonds is 2. The minimum Gasteiger partial charge on any atom is -0.318 e. The second-order valence-corrected chi connectivity index (χ2v) is 9.84. The Morgan fingerprint density at radius 3 is 2.73 bits per heavy atom. The van der Waals surface area contributed by atoms with E-state index in [9.17, 15) is 13.2 Å². The monoisotopic (exact) mass is 394 g/mol. The van der Waals surface area contributed by atoms with Gasteiger partial charge in [-0.05, 0) is 56.7 Å². The Morgan fingerprint density at radius 1 is 1.27 bits per heavy atom. The van der Waals surface area contributed by atoms with Crippen LogP contribution in [0.25, 0.3) is 0 Å². The third kappa shape index (κ3) is 3.23. The first-order valence-corrected chi connectivity index (χ1v) is 11.3. The van der Waals surface area contributed by atoms with Crippen molar-refractivity contribution in [2.24, 2.45) is 4.40 Å². The van der Waals surface area contributed by atoms with Crippen LogP contribution >= 0.6 is 11.8 Å². The number of nitrogens with zero attached hydrogens (tertiary/aromatic N) is 3. The molecule has 0 unspecified atom stereocenters. The fourth-order valence-electron chi connectivity index (χ4n) is 3.70. The minimum atomic E-state index is -3.37. The zero-order valence-electron chi connectivity index (χ0n) is 14.8. The van der Waals surface area contributed by atoms with Crippen LogP contribution in [0.4, 0.5) is 5.69 Å². The van der Waals surface area contributed by atoms with Gasteiger partial charge in [0.15, 0.2) is 5.17 Å². The molecule has 3 aliphatic rings. The van der Waals surface area contributed by atoms with Crippen LogP contribution in [-0.4, -0.2) is 48.9 Å². The van der Waals surface area contributed by atoms with Crippen molar-refractivity contribution in [3.05, 3.63) is 23.8 Å². The molecule has 7 nitrogen and oxygen atoms in total. The number of fused-ring (bicyclic) bond motifs is 3. The first-order valence-electron chi connectivity index (χ1n) is 8.85. The summed E-state index contributed by atoms with van der Waals surface area (Å²) in [6.07, 6.45) is 3.34. The number of hydrazine groups is 1. The third-order valence-electron chi connectivity index (χ3n) is 5.16. The van der Waals surface area contributed by atoms with Crippen LogP contribution in [0.2, 0.25) is 0 Å². The Bertz CT molecular complexity index is 874. The lowest BCUT2D eigenvalue weighted by atomic mass is 10.00. The number of sulfonamides is 1. The van der Waals surface area contributed by atoms with Gasteiger partial charge < -0.3 is 4.90 Å². The fraction of sp³-hybridized carbons (Fsp3) is 0.529. The van der Waals surface area contributed by atoms with Crippen molar-refractivity contribution in [2.75, 3.05) is 17.2 Å². The lowest BCUT2D eigenvalue weighted by Crippen LogP contribution is -2.54. The van der Waals surface area contributed by atoms with Gasteiger partial charge in [0.2, 0.25) is 0 Å². The van der Waals surface area contributed by atoms with Crippen molar-refractivity contribution in [2.45, 2.75) is 50.1 Å². The summed E-state index contributed by atoms with van der Waals surface area (Å²) in [4.78, 5) is 15.5. The Hall–Kier alpha value is -1.58. The van der Waals surface area contributed by atoms with Gasteiger partial charge in [0.1, 0.15) is 0 Å². The lowest BCUT2D eigenvalue weighted by Gasteiger charge is -2.38. The quantitative estimate of drug-likeness (QED) is 0.828. The van der Waals surface area contributed by atoms with Gasteiger partial charge in [-0.1, -0.05) is 6.42 Å². The molecule has 0 aliphatic carbocycles. The molecule has 1 N–H and O–H groups in total. The molecule has 4 rings (SSSR count). The predicted octanol–water partition coefficient (Wildman–Crippen LogP) is 2.21. The van der Waals surface area contributed by atoms with E-state index in [-0.39, 0.29) is 11.7 Å². The SMILES string of the molecule is C[C@H]1CCC[C@H](C)N1NC(=O)c1ccc2c(c1)SC1=NS(=O)(=O)CCN12. The summed E-state index contributed by atoms with van der Waals surface area (Å²) in [5.74, 6) is -0.114. The lowest BCUT2D eigenvalue weighted by molar-refractivity contribution is 0.0369. The van der Waals surface area contributed by atoms with Gasteiger partial charge in [0.25, 0.3) is 15.9 Å². The molecule has 3 heterocycles. The summed E-state index contributed by atoms with van der Waals surface area (Å²) in [5.41, 5.74) is 4.54. The summed E-state index contributed by atoms with van der Waals surface area (Å²) in [6.45, 7) is 4.66. The topological polar surface area (TPSA) is 82.1 Å². The van der Waals surface area contributed by atoms with Gasteiger partial charge >= 0.3 is 0 Å². The number of carbonyl (C=O) groups excluding carboxylic acids is 1. The molecule has 0 radical (unpaired) electrons. The smallest absolute Gasteiger partial charge is 0.265 e. The Morgan fingerprint density at radius 2 is 2.00 bits per heavy atom. The molecular weight excluding hydrogens is 372 g/mol. The van der Waals surface area contributed by atoms with Gasteiger partial charge in [0, 0.05) is 29.1 Å². The Kier molecular flexibility index (Phi) is 4.48. The number of hydrogen-bond donors (Lipinski definition) is 1. The number of amides is 1. The summed E-state index contributed by atoms with van der Waals surface area (Å²) >= 11 is 1.30. The van der Waals surface area contributed by atoms with Gasteiger partial charge in [0.05, 0.1) is 11.4 Å². The van der Waals surface area contributed by atoms with Crippen molar-refractivity contribution in [1.29, 1.82) is 0 Å². The number of nitrogens with one attached hydrogen (secondary N) is 1. The molecule has 0 aromatic heterocycles. The molecule has 1 saturated heterocycles. The highest BCUT2D eigenvalue weighted by atomic mass is 32.2. The summed E-state index contributed by atoms with van der Waals surface area (Å²) in [7, 11) is -3.37. The number of benzene rings is 1. The molecule has 3 aliphatic heterocycles. The maximum Gasteiger partial charge on any atom is 0.265 e. The maximum absolute atomic E-state index is 12.7. The van der Waals surface area contributed by atoms with E-state index >= 15 is 0 Å². The van der Waals surface area contributed by atoms with Gasteiger partial charge in [-0.25, -0.2) is 13.4 Å². The van der Waals surface area contributed by atoms with Crippen LogP contribution in [0.1, 0.15) is 43.5 Å². The first-order chi connectivity index (χ1) is 12.3. The average Bonchev–Trinajstić information content (AvgIpc) is 2.93. The second-order valence-electron chi connectivity index (χ2n) is 7.07. The Labute approximate surface area is 157 Å². The van der Waals surface area contributed by atoms with Crippen molar-refractivity contribution in [3.8, 4) is 0 Å². The van der Waals surface area contributed by atoms with E-state index in [1.54, 1.807) is 6.07 Å². The van der Waals surface area contributed by atoms with Crippen LogP contribution in [-0.2, 0) is 10.0 Å². The molecular formula is C17H22N4O3S2. The molecule has 1 fully saturated rings. The molecule has 0 spiro atoms. The zero-order chi connectivity index (χ0) is 18.5. The Balaban J connectivity index is 1.55. The van der Waals surface area contributed by atoms with Crippen LogP contribution in [0.5, 0.6) is 0 Å². The van der Waals surface area contributed by atoms with Crippen molar-refractivity contribution >= 4 is 38.5 Å². The molecule has 9 heteroatoms. The van der Waals surface area contributed by atoms with Crippen molar-refractivity contribution in [1.82, 2.24) is 10.4 Å². The molecule has 0 bridgehead atoms. The maximum atomic E-state index is 12.7. The normalized spacial score (nSPS) is 27.5. The zero-order valence-corrected chi connectivity index (χ0v) is 16.4. The number of anilines is 1. The molecule has 140 valence electrons. The number of hydrogen-bond acceptors (Lipinski definition) is 6. The van der Waals surface area contributed by atoms with Gasteiger partial charge in [-0.2, -0.15) is 0 Å². The molecule has 1 aromatic rings. The molecule has 1 amide bonds. The molecule has 1 aromatic carbocycles. The van der Waals surface area contributed by atoms with Crippen LogP contribution in [0.15, 0.2) is 27.5 Å². The van der Waals surface area contributed by atoms with Crippen molar-refractivity contribution in [3.63, 3.8) is 0 Å². The average molecular weight is 395 g/mol.